The Labute approximate surface area is 200 Å². The van der Waals surface area contributed by atoms with E-state index in [4.69, 9.17) is 10.2 Å². The van der Waals surface area contributed by atoms with Crippen LogP contribution in [0.1, 0.15) is 43.7 Å². The maximum atomic E-state index is 11.9. The van der Waals surface area contributed by atoms with E-state index < -0.39 is 5.97 Å². The SMILES string of the molecule is O=C(O)c1cc(Cc2ccccc2)c(Cc2ccccc2)c(Cc2ccccc2)c1.OCCO. The Balaban J connectivity index is 0.000000751. The van der Waals surface area contributed by atoms with Crippen LogP contribution in [-0.2, 0) is 19.3 Å². The normalized spacial score (nSPS) is 10.3. The molecule has 3 N–H and O–H groups in total. The zero-order valence-corrected chi connectivity index (χ0v) is 19.1. The van der Waals surface area contributed by atoms with Gasteiger partial charge in [-0.15, -0.1) is 0 Å². The molecule has 0 heterocycles. The molecule has 0 fully saturated rings. The molecule has 0 spiro atoms. The Hall–Kier alpha value is -3.73. The first-order valence-corrected chi connectivity index (χ1v) is 11.3. The van der Waals surface area contributed by atoms with Crippen molar-refractivity contribution >= 4 is 5.97 Å². The van der Waals surface area contributed by atoms with E-state index in [0.717, 1.165) is 17.5 Å². The summed E-state index contributed by atoms with van der Waals surface area (Å²) < 4.78 is 0. The van der Waals surface area contributed by atoms with Crippen LogP contribution in [0.25, 0.3) is 0 Å². The number of aliphatic hydroxyl groups is 2. The van der Waals surface area contributed by atoms with Gasteiger partial charge in [-0.1, -0.05) is 91.0 Å². The first-order chi connectivity index (χ1) is 16.6. The molecule has 4 aromatic rings. The molecular formula is C30H30O4. The van der Waals surface area contributed by atoms with Gasteiger partial charge < -0.3 is 15.3 Å². The van der Waals surface area contributed by atoms with Crippen LogP contribution in [0.5, 0.6) is 0 Å². The molecule has 4 rings (SSSR count). The van der Waals surface area contributed by atoms with Crippen LogP contribution in [0, 0.1) is 0 Å². The summed E-state index contributed by atoms with van der Waals surface area (Å²) in [5.41, 5.74) is 7.32. The fourth-order valence-electron chi connectivity index (χ4n) is 3.90. The predicted molar refractivity (Wildman–Crippen MR) is 135 cm³/mol. The summed E-state index contributed by atoms with van der Waals surface area (Å²) in [6.45, 7) is -0.250. The largest absolute Gasteiger partial charge is 0.478 e. The van der Waals surface area contributed by atoms with Gasteiger partial charge in [0.2, 0.25) is 0 Å². The van der Waals surface area contributed by atoms with Crippen molar-refractivity contribution in [1.82, 2.24) is 0 Å². The number of hydrogen-bond acceptors (Lipinski definition) is 3. The van der Waals surface area contributed by atoms with Crippen LogP contribution >= 0.6 is 0 Å². The van der Waals surface area contributed by atoms with Gasteiger partial charge in [0.15, 0.2) is 0 Å². The average molecular weight is 455 g/mol. The molecule has 0 amide bonds. The number of aromatic carboxylic acids is 1. The highest BCUT2D eigenvalue weighted by atomic mass is 16.4. The second-order valence-corrected chi connectivity index (χ2v) is 8.01. The van der Waals surface area contributed by atoms with E-state index >= 15 is 0 Å². The van der Waals surface area contributed by atoms with Crippen LogP contribution in [0.2, 0.25) is 0 Å². The summed E-state index contributed by atoms with van der Waals surface area (Å²) in [5.74, 6) is -0.884. The third-order valence-electron chi connectivity index (χ3n) is 5.48. The topological polar surface area (TPSA) is 77.8 Å². The molecule has 0 aliphatic heterocycles. The highest BCUT2D eigenvalue weighted by molar-refractivity contribution is 5.88. The molecule has 0 radical (unpaired) electrons. The summed E-state index contributed by atoms with van der Waals surface area (Å²) in [6.07, 6.45) is 2.21. The summed E-state index contributed by atoms with van der Waals surface area (Å²) in [5, 5.41) is 25.0. The summed E-state index contributed by atoms with van der Waals surface area (Å²) in [7, 11) is 0. The minimum absolute atomic E-state index is 0.125. The molecule has 34 heavy (non-hydrogen) atoms. The molecule has 4 nitrogen and oxygen atoms in total. The van der Waals surface area contributed by atoms with Gasteiger partial charge in [-0.05, 0) is 64.8 Å². The van der Waals surface area contributed by atoms with Crippen LogP contribution < -0.4 is 0 Å². The number of carboxylic acids is 1. The number of rotatable bonds is 8. The summed E-state index contributed by atoms with van der Waals surface area (Å²) in [4.78, 5) is 11.9. The zero-order chi connectivity index (χ0) is 24.2. The Morgan fingerprint density at radius 1 is 0.559 bits per heavy atom. The first-order valence-electron chi connectivity index (χ1n) is 11.3. The Kier molecular flexibility index (Phi) is 9.59. The van der Waals surface area contributed by atoms with E-state index in [1.807, 2.05) is 54.6 Å². The van der Waals surface area contributed by atoms with Crippen molar-refractivity contribution in [2.24, 2.45) is 0 Å². The van der Waals surface area contributed by atoms with Gasteiger partial charge in [0.1, 0.15) is 0 Å². The molecule has 0 unspecified atom stereocenters. The number of carbonyl (C=O) groups is 1. The lowest BCUT2D eigenvalue weighted by Crippen LogP contribution is -2.08. The van der Waals surface area contributed by atoms with Crippen molar-refractivity contribution in [2.45, 2.75) is 19.3 Å². The van der Waals surface area contributed by atoms with Crippen LogP contribution in [0.4, 0.5) is 0 Å². The van der Waals surface area contributed by atoms with Gasteiger partial charge in [0.05, 0.1) is 18.8 Å². The van der Waals surface area contributed by atoms with E-state index in [0.29, 0.717) is 18.4 Å². The highest BCUT2D eigenvalue weighted by Gasteiger charge is 2.16. The first kappa shape index (κ1) is 24.9. The molecule has 0 atom stereocenters. The van der Waals surface area contributed by atoms with Gasteiger partial charge in [-0.2, -0.15) is 0 Å². The van der Waals surface area contributed by atoms with Crippen LogP contribution in [-0.4, -0.2) is 34.5 Å². The molecule has 0 aliphatic carbocycles. The maximum absolute atomic E-state index is 11.9. The quantitative estimate of drug-likeness (QED) is 0.345. The van der Waals surface area contributed by atoms with Gasteiger partial charge in [-0.25, -0.2) is 4.79 Å². The fourth-order valence-corrected chi connectivity index (χ4v) is 3.90. The average Bonchev–Trinajstić information content (AvgIpc) is 2.87. The van der Waals surface area contributed by atoms with Crippen LogP contribution in [0.15, 0.2) is 103 Å². The Morgan fingerprint density at radius 2 is 0.912 bits per heavy atom. The summed E-state index contributed by atoms with van der Waals surface area (Å²) >= 11 is 0. The monoisotopic (exact) mass is 454 g/mol. The summed E-state index contributed by atoms with van der Waals surface area (Å²) in [6, 6.07) is 34.6. The van der Waals surface area contributed by atoms with Crippen molar-refractivity contribution in [3.8, 4) is 0 Å². The van der Waals surface area contributed by atoms with E-state index in [1.165, 1.54) is 22.3 Å². The van der Waals surface area contributed by atoms with Crippen molar-refractivity contribution in [2.75, 3.05) is 13.2 Å². The molecule has 0 bridgehead atoms. The van der Waals surface area contributed by atoms with E-state index in [9.17, 15) is 9.90 Å². The predicted octanol–water partition coefficient (Wildman–Crippen LogP) is 5.13. The number of benzene rings is 4. The van der Waals surface area contributed by atoms with E-state index in [2.05, 4.69) is 48.5 Å². The third kappa shape index (κ3) is 7.41. The van der Waals surface area contributed by atoms with Crippen molar-refractivity contribution < 1.29 is 20.1 Å². The van der Waals surface area contributed by atoms with Gasteiger partial charge in [0, 0.05) is 0 Å². The minimum Gasteiger partial charge on any atom is -0.478 e. The Morgan fingerprint density at radius 3 is 1.24 bits per heavy atom. The van der Waals surface area contributed by atoms with E-state index in [1.54, 1.807) is 0 Å². The smallest absolute Gasteiger partial charge is 0.335 e. The van der Waals surface area contributed by atoms with Gasteiger partial charge in [-0.3, -0.25) is 0 Å². The van der Waals surface area contributed by atoms with Gasteiger partial charge in [0.25, 0.3) is 0 Å². The standard InChI is InChI=1S/C28H24O2.C2H6O2/c29-28(30)26-19-24(16-21-10-4-1-5-11-21)27(18-23-14-8-3-9-15-23)25(20-26)17-22-12-6-2-7-13-22;3-1-2-4/h1-15,19-20H,16-18H2,(H,29,30);3-4H,1-2H2. The number of aliphatic hydroxyl groups excluding tert-OH is 2. The number of carboxylic acid groups (broad SMARTS) is 1. The Bertz CT molecular complexity index is 1090. The fraction of sp³-hybridized carbons (Fsp3) is 0.167. The van der Waals surface area contributed by atoms with Crippen molar-refractivity contribution in [3.63, 3.8) is 0 Å². The lowest BCUT2D eigenvalue weighted by molar-refractivity contribution is 0.0696. The highest BCUT2D eigenvalue weighted by Crippen LogP contribution is 2.26. The lowest BCUT2D eigenvalue weighted by atomic mass is 9.87. The molecule has 0 saturated heterocycles. The third-order valence-corrected chi connectivity index (χ3v) is 5.48. The maximum Gasteiger partial charge on any atom is 0.335 e. The molecule has 0 saturated carbocycles. The molecule has 0 aromatic heterocycles. The zero-order valence-electron chi connectivity index (χ0n) is 19.1. The second kappa shape index (κ2) is 13.1. The van der Waals surface area contributed by atoms with Crippen LogP contribution in [0.3, 0.4) is 0 Å². The minimum atomic E-state index is -0.884. The van der Waals surface area contributed by atoms with E-state index in [-0.39, 0.29) is 13.2 Å². The molecule has 0 aliphatic rings. The van der Waals surface area contributed by atoms with Crippen molar-refractivity contribution in [3.05, 3.63) is 142 Å². The molecule has 174 valence electrons. The number of hydrogen-bond donors (Lipinski definition) is 3. The van der Waals surface area contributed by atoms with Gasteiger partial charge >= 0.3 is 5.97 Å². The molecule has 4 heteroatoms. The second-order valence-electron chi connectivity index (χ2n) is 8.01. The molecular weight excluding hydrogens is 424 g/mol. The lowest BCUT2D eigenvalue weighted by Gasteiger charge is -2.17. The molecule has 4 aromatic carbocycles. The van der Waals surface area contributed by atoms with Crippen molar-refractivity contribution in [1.29, 1.82) is 0 Å².